The third-order valence-electron chi connectivity index (χ3n) is 3.58. The quantitative estimate of drug-likeness (QED) is 0.782. The zero-order chi connectivity index (χ0) is 11.3. The number of hydrogen-bond acceptors (Lipinski definition) is 3. The van der Waals surface area contributed by atoms with Gasteiger partial charge in [0.15, 0.2) is 11.5 Å². The number of ether oxygens (including phenoxy) is 2. The number of carboxylic acids is 1. The second-order valence-corrected chi connectivity index (χ2v) is 4.46. The lowest BCUT2D eigenvalue weighted by Crippen LogP contribution is -2.29. The van der Waals surface area contributed by atoms with Gasteiger partial charge in [0.1, 0.15) is 0 Å². The van der Waals surface area contributed by atoms with E-state index in [0.29, 0.717) is 6.42 Å². The summed E-state index contributed by atoms with van der Waals surface area (Å²) in [6.45, 7) is 2.00. The average Bonchev–Trinajstić information content (AvgIpc) is 2.82. The molecule has 1 N–H and O–H groups in total. The van der Waals surface area contributed by atoms with E-state index in [1.165, 1.54) is 0 Å². The van der Waals surface area contributed by atoms with E-state index in [-0.39, 0.29) is 6.79 Å². The summed E-state index contributed by atoms with van der Waals surface area (Å²) in [6.07, 6.45) is 1.36. The molecule has 16 heavy (non-hydrogen) atoms. The number of carbonyl (C=O) groups is 1. The van der Waals surface area contributed by atoms with Crippen molar-refractivity contribution in [1.82, 2.24) is 0 Å². The van der Waals surface area contributed by atoms with Gasteiger partial charge in [0.25, 0.3) is 0 Å². The number of aliphatic carboxylic acids is 1. The average molecular weight is 220 g/mol. The summed E-state index contributed by atoms with van der Waals surface area (Å²) >= 11 is 0. The summed E-state index contributed by atoms with van der Waals surface area (Å²) in [6, 6.07) is 3.65. The lowest BCUT2D eigenvalue weighted by Gasteiger charge is -2.19. The zero-order valence-corrected chi connectivity index (χ0v) is 8.95. The highest BCUT2D eigenvalue weighted by molar-refractivity contribution is 5.83. The molecule has 84 valence electrons. The van der Waals surface area contributed by atoms with Gasteiger partial charge in [0.05, 0.1) is 5.41 Å². The first-order valence-corrected chi connectivity index (χ1v) is 5.28. The lowest BCUT2D eigenvalue weighted by molar-refractivity contribution is -0.143. The van der Waals surface area contributed by atoms with Gasteiger partial charge in [-0.15, -0.1) is 0 Å². The fraction of sp³-hybridized carbons (Fsp3) is 0.417. The van der Waals surface area contributed by atoms with E-state index < -0.39 is 11.4 Å². The number of rotatable bonds is 1. The first kappa shape index (κ1) is 9.51. The molecule has 4 heteroatoms. The molecule has 4 nitrogen and oxygen atoms in total. The Bertz CT molecular complexity index is 480. The van der Waals surface area contributed by atoms with Gasteiger partial charge in [0, 0.05) is 5.56 Å². The Morgan fingerprint density at radius 3 is 3.00 bits per heavy atom. The van der Waals surface area contributed by atoms with E-state index in [2.05, 4.69) is 0 Å². The third kappa shape index (κ3) is 1.01. The van der Waals surface area contributed by atoms with Gasteiger partial charge >= 0.3 is 5.97 Å². The largest absolute Gasteiger partial charge is 0.481 e. The van der Waals surface area contributed by atoms with E-state index >= 15 is 0 Å². The summed E-state index contributed by atoms with van der Waals surface area (Å²) in [5, 5.41) is 9.30. The van der Waals surface area contributed by atoms with Crippen molar-refractivity contribution in [1.29, 1.82) is 0 Å². The molecular weight excluding hydrogens is 208 g/mol. The first-order valence-electron chi connectivity index (χ1n) is 5.28. The molecule has 0 bridgehead atoms. The molecule has 2 aliphatic rings. The Labute approximate surface area is 92.8 Å². The van der Waals surface area contributed by atoms with Gasteiger partial charge in [-0.25, -0.2) is 0 Å². The van der Waals surface area contributed by atoms with Crippen LogP contribution in [-0.4, -0.2) is 17.9 Å². The minimum absolute atomic E-state index is 0.232. The smallest absolute Gasteiger partial charge is 0.313 e. The van der Waals surface area contributed by atoms with Gasteiger partial charge in [-0.3, -0.25) is 4.79 Å². The molecule has 0 saturated heterocycles. The van der Waals surface area contributed by atoms with Crippen molar-refractivity contribution in [3.05, 3.63) is 23.3 Å². The maximum absolute atomic E-state index is 11.3. The Balaban J connectivity index is 2.19. The number of carboxylic acid groups (broad SMARTS) is 1. The first-order chi connectivity index (χ1) is 7.63. The van der Waals surface area contributed by atoms with Crippen molar-refractivity contribution in [2.45, 2.75) is 25.2 Å². The standard InChI is InChI=1S/C12H12O4/c1-12(11(13)14)5-4-7-8(12)2-3-9-10(7)16-6-15-9/h2-3H,4-6H2,1H3,(H,13,14). The van der Waals surface area contributed by atoms with Gasteiger partial charge in [-0.2, -0.15) is 0 Å². The molecule has 0 amide bonds. The van der Waals surface area contributed by atoms with Crippen molar-refractivity contribution in [3.63, 3.8) is 0 Å². The molecule has 1 aromatic rings. The molecule has 1 aromatic carbocycles. The van der Waals surface area contributed by atoms with E-state index in [1.807, 2.05) is 6.07 Å². The second-order valence-electron chi connectivity index (χ2n) is 4.46. The summed E-state index contributed by atoms with van der Waals surface area (Å²) in [5.74, 6) is 0.695. The minimum Gasteiger partial charge on any atom is -0.481 e. The third-order valence-corrected chi connectivity index (χ3v) is 3.58. The fourth-order valence-corrected chi connectivity index (χ4v) is 2.53. The van der Waals surface area contributed by atoms with Gasteiger partial charge < -0.3 is 14.6 Å². The number of fused-ring (bicyclic) bond motifs is 3. The second kappa shape index (κ2) is 2.90. The highest BCUT2D eigenvalue weighted by Gasteiger charge is 2.43. The zero-order valence-electron chi connectivity index (χ0n) is 8.95. The molecule has 3 rings (SSSR count). The van der Waals surface area contributed by atoms with Crippen LogP contribution in [0.5, 0.6) is 11.5 Å². The number of hydrogen-bond donors (Lipinski definition) is 1. The summed E-state index contributed by atoms with van der Waals surface area (Å²) in [5.41, 5.74) is 1.08. The van der Waals surface area contributed by atoms with E-state index in [9.17, 15) is 9.90 Å². The predicted molar refractivity (Wildman–Crippen MR) is 55.9 cm³/mol. The van der Waals surface area contributed by atoms with E-state index in [1.54, 1.807) is 13.0 Å². The van der Waals surface area contributed by atoms with Crippen molar-refractivity contribution in [2.24, 2.45) is 0 Å². The van der Waals surface area contributed by atoms with Crippen LogP contribution in [0.2, 0.25) is 0 Å². The number of benzene rings is 1. The topological polar surface area (TPSA) is 55.8 Å². The molecule has 1 atom stereocenters. The summed E-state index contributed by atoms with van der Waals surface area (Å²) in [7, 11) is 0. The van der Waals surface area contributed by atoms with Crippen LogP contribution in [0.25, 0.3) is 0 Å². The SMILES string of the molecule is CC1(C(=O)O)CCc2c1ccc1c2OCO1. The molecule has 0 aromatic heterocycles. The van der Waals surface area contributed by atoms with E-state index in [4.69, 9.17) is 9.47 Å². The predicted octanol–water partition coefficient (Wildman–Crippen LogP) is 1.70. The van der Waals surface area contributed by atoms with Crippen molar-refractivity contribution >= 4 is 5.97 Å². The van der Waals surface area contributed by atoms with Crippen molar-refractivity contribution in [2.75, 3.05) is 6.79 Å². The fourth-order valence-electron chi connectivity index (χ4n) is 2.53. The normalized spacial score (nSPS) is 25.6. The maximum atomic E-state index is 11.3. The molecule has 0 fully saturated rings. The molecular formula is C12H12O4. The Hall–Kier alpha value is -1.71. The van der Waals surface area contributed by atoms with Crippen LogP contribution in [0.1, 0.15) is 24.5 Å². The van der Waals surface area contributed by atoms with Gasteiger partial charge in [-0.1, -0.05) is 6.07 Å². The molecule has 0 saturated carbocycles. The monoisotopic (exact) mass is 220 g/mol. The van der Waals surface area contributed by atoms with Crippen LogP contribution in [0, 0.1) is 0 Å². The summed E-state index contributed by atoms with van der Waals surface area (Å²) in [4.78, 5) is 11.3. The molecule has 1 heterocycles. The maximum Gasteiger partial charge on any atom is 0.313 e. The molecule has 0 spiro atoms. The highest BCUT2D eigenvalue weighted by atomic mass is 16.7. The van der Waals surface area contributed by atoms with Crippen LogP contribution in [0.4, 0.5) is 0 Å². The van der Waals surface area contributed by atoms with Crippen LogP contribution < -0.4 is 9.47 Å². The lowest BCUT2D eigenvalue weighted by atomic mass is 9.84. The van der Waals surface area contributed by atoms with Crippen LogP contribution >= 0.6 is 0 Å². The molecule has 1 aliphatic carbocycles. The van der Waals surface area contributed by atoms with Crippen LogP contribution in [0.3, 0.4) is 0 Å². The molecule has 0 radical (unpaired) electrons. The Morgan fingerprint density at radius 2 is 2.25 bits per heavy atom. The minimum atomic E-state index is -0.781. The molecule has 1 aliphatic heterocycles. The van der Waals surface area contributed by atoms with Crippen LogP contribution in [-0.2, 0) is 16.6 Å². The molecule has 1 unspecified atom stereocenters. The van der Waals surface area contributed by atoms with E-state index in [0.717, 1.165) is 29.0 Å². The van der Waals surface area contributed by atoms with Crippen LogP contribution in [0.15, 0.2) is 12.1 Å². The summed E-state index contributed by atoms with van der Waals surface area (Å²) < 4.78 is 10.7. The van der Waals surface area contributed by atoms with Gasteiger partial charge in [0.2, 0.25) is 6.79 Å². The Morgan fingerprint density at radius 1 is 1.44 bits per heavy atom. The highest BCUT2D eigenvalue weighted by Crippen LogP contribution is 2.48. The van der Waals surface area contributed by atoms with Crippen molar-refractivity contribution in [3.8, 4) is 11.5 Å². The van der Waals surface area contributed by atoms with Gasteiger partial charge in [-0.05, 0) is 31.4 Å². The van der Waals surface area contributed by atoms with Crippen molar-refractivity contribution < 1.29 is 19.4 Å². The Kier molecular flexibility index (Phi) is 1.73.